The Bertz CT molecular complexity index is 592. The molecule has 2 heterocycles. The Kier molecular flexibility index (Phi) is 5.44. The molecule has 0 unspecified atom stereocenters. The summed E-state index contributed by atoms with van der Waals surface area (Å²) in [5.74, 6) is -1.20. The summed E-state index contributed by atoms with van der Waals surface area (Å²) in [7, 11) is 2.64. The number of hydrogen-bond donors (Lipinski definition) is 1. The minimum absolute atomic E-state index is 0.0983. The fourth-order valence-corrected chi connectivity index (χ4v) is 2.40. The molecule has 1 aliphatic rings. The van der Waals surface area contributed by atoms with E-state index in [9.17, 15) is 22.8 Å². The molecule has 1 aliphatic heterocycles. The molecule has 2 rings (SSSR count). The average Bonchev–Trinajstić information content (AvgIpc) is 3.05. The van der Waals surface area contributed by atoms with Crippen LogP contribution in [0.25, 0.3) is 0 Å². The number of ether oxygens (including phenoxy) is 2. The zero-order valence-electron chi connectivity index (χ0n) is 13.1. The van der Waals surface area contributed by atoms with Crippen LogP contribution in [0.2, 0.25) is 0 Å². The Morgan fingerprint density at radius 1 is 1.17 bits per heavy atom. The van der Waals surface area contributed by atoms with Crippen LogP contribution < -0.4 is 0 Å². The highest BCUT2D eigenvalue weighted by molar-refractivity contribution is 5.94. The van der Waals surface area contributed by atoms with Gasteiger partial charge in [0, 0.05) is 40.4 Å². The van der Waals surface area contributed by atoms with Crippen LogP contribution in [-0.4, -0.2) is 78.5 Å². The number of hydrogen-bond acceptors (Lipinski definition) is 5. The molecule has 1 saturated heterocycles. The number of alkyl halides is 3. The molecule has 1 aromatic heterocycles. The second-order valence-corrected chi connectivity index (χ2v) is 5.08. The summed E-state index contributed by atoms with van der Waals surface area (Å²) >= 11 is 0. The molecule has 1 N–H and O–H groups in total. The van der Waals surface area contributed by atoms with Crippen molar-refractivity contribution in [3.63, 3.8) is 0 Å². The molecule has 0 radical (unpaired) electrons. The average molecular weight is 350 g/mol. The monoisotopic (exact) mass is 350 g/mol. The van der Waals surface area contributed by atoms with Gasteiger partial charge in [0.15, 0.2) is 0 Å². The standard InChI is InChI=1S/C13H17F3N4O4/c1-23-12(24-2)11(22)20-5-3-19(4-6-20)10(21)9-8(7-17-18-9)13(14,15)16/h7,12H,3-6H2,1-2H3,(H,17,18). The number of amides is 2. The van der Waals surface area contributed by atoms with Crippen molar-refractivity contribution in [3.8, 4) is 0 Å². The van der Waals surface area contributed by atoms with Crippen LogP contribution in [0.5, 0.6) is 0 Å². The third-order valence-corrected chi connectivity index (χ3v) is 3.67. The normalized spacial score (nSPS) is 15.9. The highest BCUT2D eigenvalue weighted by atomic mass is 19.4. The maximum Gasteiger partial charge on any atom is 0.420 e. The van der Waals surface area contributed by atoms with E-state index >= 15 is 0 Å². The summed E-state index contributed by atoms with van der Waals surface area (Å²) in [5, 5.41) is 5.40. The van der Waals surface area contributed by atoms with Gasteiger partial charge in [0.1, 0.15) is 11.3 Å². The Labute approximate surface area is 135 Å². The predicted octanol–water partition coefficient (Wildman–Crippen LogP) is 0.332. The van der Waals surface area contributed by atoms with Gasteiger partial charge in [-0.3, -0.25) is 14.7 Å². The van der Waals surface area contributed by atoms with Crippen LogP contribution in [-0.2, 0) is 20.4 Å². The third-order valence-electron chi connectivity index (χ3n) is 3.67. The number of nitrogens with one attached hydrogen (secondary N) is 1. The summed E-state index contributed by atoms with van der Waals surface area (Å²) in [5.41, 5.74) is -1.71. The number of methoxy groups -OCH3 is 2. The predicted molar refractivity (Wildman–Crippen MR) is 73.9 cm³/mol. The van der Waals surface area contributed by atoms with Gasteiger partial charge >= 0.3 is 6.18 Å². The molecular weight excluding hydrogens is 333 g/mol. The van der Waals surface area contributed by atoms with Gasteiger partial charge in [-0.15, -0.1) is 0 Å². The molecule has 0 bridgehead atoms. The van der Waals surface area contributed by atoms with Crippen LogP contribution in [0.1, 0.15) is 16.1 Å². The summed E-state index contributed by atoms with van der Waals surface area (Å²) in [6.07, 6.45) is -5.13. The summed E-state index contributed by atoms with van der Waals surface area (Å²) in [6.45, 7) is 0.536. The van der Waals surface area contributed by atoms with Crippen molar-refractivity contribution < 1.29 is 32.2 Å². The molecule has 0 aliphatic carbocycles. The number of piperazine rings is 1. The number of carbonyl (C=O) groups excluding carboxylic acids is 2. The quantitative estimate of drug-likeness (QED) is 0.791. The first-order valence-electron chi connectivity index (χ1n) is 7.03. The maximum atomic E-state index is 12.8. The van der Waals surface area contributed by atoms with Crippen LogP contribution in [0.3, 0.4) is 0 Å². The third kappa shape index (κ3) is 3.67. The lowest BCUT2D eigenvalue weighted by Gasteiger charge is -2.35. The fourth-order valence-electron chi connectivity index (χ4n) is 2.40. The van der Waals surface area contributed by atoms with Crippen LogP contribution in [0, 0.1) is 0 Å². The van der Waals surface area contributed by atoms with Crippen molar-refractivity contribution in [2.75, 3.05) is 40.4 Å². The first-order chi connectivity index (χ1) is 11.3. The van der Waals surface area contributed by atoms with Gasteiger partial charge in [-0.1, -0.05) is 0 Å². The second kappa shape index (κ2) is 7.18. The molecule has 11 heteroatoms. The summed E-state index contributed by atoms with van der Waals surface area (Å²) in [6, 6.07) is 0. The highest BCUT2D eigenvalue weighted by Gasteiger charge is 2.39. The van der Waals surface area contributed by atoms with Gasteiger partial charge in [-0.05, 0) is 0 Å². The van der Waals surface area contributed by atoms with E-state index in [1.54, 1.807) is 0 Å². The number of aromatic amines is 1. The minimum atomic E-state index is -4.67. The SMILES string of the molecule is COC(OC)C(=O)N1CCN(C(=O)c2[nH]ncc2C(F)(F)F)CC1. The molecular formula is C13H17F3N4O4. The van der Waals surface area contributed by atoms with E-state index in [0.29, 0.717) is 6.20 Å². The maximum absolute atomic E-state index is 12.8. The lowest BCUT2D eigenvalue weighted by atomic mass is 10.2. The lowest BCUT2D eigenvalue weighted by Crippen LogP contribution is -2.53. The molecule has 0 spiro atoms. The fraction of sp³-hybridized carbons (Fsp3) is 0.615. The Morgan fingerprint density at radius 3 is 2.21 bits per heavy atom. The number of halogens is 3. The van der Waals surface area contributed by atoms with Crippen LogP contribution >= 0.6 is 0 Å². The van der Waals surface area contributed by atoms with Crippen molar-refractivity contribution in [1.29, 1.82) is 0 Å². The number of H-pyrrole nitrogens is 1. The molecule has 8 nitrogen and oxygen atoms in total. The zero-order chi connectivity index (χ0) is 17.9. The van der Waals surface area contributed by atoms with E-state index in [1.165, 1.54) is 24.0 Å². The Hall–Kier alpha value is -2.14. The van der Waals surface area contributed by atoms with Gasteiger partial charge < -0.3 is 19.3 Å². The molecule has 24 heavy (non-hydrogen) atoms. The van der Waals surface area contributed by atoms with Crippen LogP contribution in [0.4, 0.5) is 13.2 Å². The Balaban J connectivity index is 2.01. The topological polar surface area (TPSA) is 87.8 Å². The van der Waals surface area contributed by atoms with E-state index in [0.717, 1.165) is 0 Å². The number of aromatic nitrogens is 2. The second-order valence-electron chi connectivity index (χ2n) is 5.08. The molecule has 1 fully saturated rings. The zero-order valence-corrected chi connectivity index (χ0v) is 13.1. The van der Waals surface area contributed by atoms with E-state index in [2.05, 4.69) is 10.2 Å². The van der Waals surface area contributed by atoms with Crippen molar-refractivity contribution in [3.05, 3.63) is 17.5 Å². The van der Waals surface area contributed by atoms with Crippen molar-refractivity contribution >= 4 is 11.8 Å². The van der Waals surface area contributed by atoms with E-state index in [4.69, 9.17) is 9.47 Å². The van der Waals surface area contributed by atoms with Crippen molar-refractivity contribution in [1.82, 2.24) is 20.0 Å². The van der Waals surface area contributed by atoms with Gasteiger partial charge in [-0.2, -0.15) is 18.3 Å². The molecule has 0 atom stereocenters. The van der Waals surface area contributed by atoms with E-state index < -0.39 is 35.5 Å². The highest BCUT2D eigenvalue weighted by Crippen LogP contribution is 2.31. The van der Waals surface area contributed by atoms with Gasteiger partial charge in [0.2, 0.25) is 6.29 Å². The largest absolute Gasteiger partial charge is 0.420 e. The minimum Gasteiger partial charge on any atom is -0.348 e. The van der Waals surface area contributed by atoms with Gasteiger partial charge in [0.25, 0.3) is 11.8 Å². The number of rotatable bonds is 4. The number of carbonyl (C=O) groups is 2. The van der Waals surface area contributed by atoms with Crippen LogP contribution in [0.15, 0.2) is 6.20 Å². The lowest BCUT2D eigenvalue weighted by molar-refractivity contribution is -0.171. The van der Waals surface area contributed by atoms with E-state index in [-0.39, 0.29) is 26.2 Å². The van der Waals surface area contributed by atoms with Crippen molar-refractivity contribution in [2.45, 2.75) is 12.5 Å². The molecule has 0 saturated carbocycles. The number of nitrogens with zero attached hydrogens (tertiary/aromatic N) is 3. The first-order valence-corrected chi connectivity index (χ1v) is 7.03. The molecule has 134 valence electrons. The van der Waals surface area contributed by atoms with Gasteiger partial charge in [-0.25, -0.2) is 0 Å². The molecule has 2 amide bonds. The first kappa shape index (κ1) is 18.2. The Morgan fingerprint density at radius 2 is 1.71 bits per heavy atom. The van der Waals surface area contributed by atoms with Gasteiger partial charge in [0.05, 0.1) is 6.20 Å². The van der Waals surface area contributed by atoms with Crippen molar-refractivity contribution in [2.24, 2.45) is 0 Å². The summed E-state index contributed by atoms with van der Waals surface area (Å²) < 4.78 is 48.2. The smallest absolute Gasteiger partial charge is 0.348 e. The van der Waals surface area contributed by atoms with E-state index in [1.807, 2.05) is 0 Å². The summed E-state index contributed by atoms with van der Waals surface area (Å²) in [4.78, 5) is 27.0. The molecule has 1 aromatic rings. The molecule has 0 aromatic carbocycles.